The maximum atomic E-state index is 5.74. The van der Waals surface area contributed by atoms with Crippen LogP contribution in [0.3, 0.4) is 0 Å². The average Bonchev–Trinajstić information content (AvgIpc) is 2.24. The Kier molecular flexibility index (Phi) is 3.13. The van der Waals surface area contributed by atoms with E-state index in [1.807, 2.05) is 0 Å². The molecule has 2 nitrogen and oxygen atoms in total. The molecule has 2 fully saturated rings. The molecule has 2 aliphatic rings. The van der Waals surface area contributed by atoms with E-state index in [0.717, 1.165) is 17.9 Å². The third-order valence-corrected chi connectivity index (χ3v) is 4.55. The molecule has 2 heteroatoms. The van der Waals surface area contributed by atoms with Crippen LogP contribution in [0.25, 0.3) is 0 Å². The SMILES string of the molecule is CN1CCC2(CCC(CN)CC2)CC1. The lowest BCUT2D eigenvalue weighted by Gasteiger charge is -2.45. The molecule has 0 aromatic carbocycles. The van der Waals surface area contributed by atoms with Crippen LogP contribution in [0.5, 0.6) is 0 Å². The van der Waals surface area contributed by atoms with Crippen molar-refractivity contribution in [2.75, 3.05) is 26.7 Å². The van der Waals surface area contributed by atoms with Crippen molar-refractivity contribution in [2.24, 2.45) is 17.1 Å². The minimum absolute atomic E-state index is 0.720. The molecule has 0 unspecified atom stereocenters. The first-order valence-electron chi connectivity index (χ1n) is 6.13. The van der Waals surface area contributed by atoms with E-state index >= 15 is 0 Å². The summed E-state index contributed by atoms with van der Waals surface area (Å²) < 4.78 is 0. The topological polar surface area (TPSA) is 29.3 Å². The molecule has 0 amide bonds. The molecule has 82 valence electrons. The second kappa shape index (κ2) is 4.19. The van der Waals surface area contributed by atoms with E-state index in [1.54, 1.807) is 0 Å². The fraction of sp³-hybridized carbons (Fsp3) is 1.00. The van der Waals surface area contributed by atoms with E-state index in [4.69, 9.17) is 5.73 Å². The van der Waals surface area contributed by atoms with Gasteiger partial charge in [0.25, 0.3) is 0 Å². The van der Waals surface area contributed by atoms with Gasteiger partial charge in [-0.2, -0.15) is 0 Å². The smallest absolute Gasteiger partial charge is 0.00165 e. The maximum absolute atomic E-state index is 5.74. The van der Waals surface area contributed by atoms with Gasteiger partial charge in [-0.05, 0) is 76.5 Å². The van der Waals surface area contributed by atoms with E-state index in [2.05, 4.69) is 11.9 Å². The number of piperidine rings is 1. The van der Waals surface area contributed by atoms with Crippen molar-refractivity contribution in [2.45, 2.75) is 38.5 Å². The lowest BCUT2D eigenvalue weighted by molar-refractivity contribution is 0.0641. The molecule has 1 saturated heterocycles. The van der Waals surface area contributed by atoms with Crippen LogP contribution < -0.4 is 5.73 Å². The molecule has 2 rings (SSSR count). The Morgan fingerprint density at radius 3 is 2.21 bits per heavy atom. The van der Waals surface area contributed by atoms with Crippen LogP contribution in [0.15, 0.2) is 0 Å². The summed E-state index contributed by atoms with van der Waals surface area (Å²) >= 11 is 0. The Bertz CT molecular complexity index is 173. The Balaban J connectivity index is 1.86. The van der Waals surface area contributed by atoms with Crippen molar-refractivity contribution in [3.8, 4) is 0 Å². The lowest BCUT2D eigenvalue weighted by Crippen LogP contribution is -2.40. The molecule has 0 aromatic rings. The van der Waals surface area contributed by atoms with Gasteiger partial charge < -0.3 is 10.6 Å². The molecule has 0 bridgehead atoms. The summed E-state index contributed by atoms with van der Waals surface area (Å²) in [7, 11) is 2.25. The summed E-state index contributed by atoms with van der Waals surface area (Å²) in [5, 5.41) is 0. The van der Waals surface area contributed by atoms with Crippen molar-refractivity contribution in [3.63, 3.8) is 0 Å². The van der Waals surface area contributed by atoms with E-state index in [-0.39, 0.29) is 0 Å². The first kappa shape index (κ1) is 10.4. The van der Waals surface area contributed by atoms with Crippen LogP contribution in [0.1, 0.15) is 38.5 Å². The first-order chi connectivity index (χ1) is 6.74. The Morgan fingerprint density at radius 1 is 1.14 bits per heavy atom. The standard InChI is InChI=1S/C12H24N2/c1-14-8-6-12(7-9-14)4-2-11(10-13)3-5-12/h11H,2-10,13H2,1H3. The molecule has 0 aromatic heterocycles. The van der Waals surface area contributed by atoms with Gasteiger partial charge >= 0.3 is 0 Å². The number of nitrogens with zero attached hydrogens (tertiary/aromatic N) is 1. The molecule has 2 N–H and O–H groups in total. The Hall–Kier alpha value is -0.0800. The second-order valence-corrected chi connectivity index (χ2v) is 5.48. The van der Waals surface area contributed by atoms with Gasteiger partial charge in [0.1, 0.15) is 0 Å². The predicted molar refractivity (Wildman–Crippen MR) is 60.2 cm³/mol. The number of hydrogen-bond acceptors (Lipinski definition) is 2. The van der Waals surface area contributed by atoms with E-state index in [9.17, 15) is 0 Å². The highest BCUT2D eigenvalue weighted by molar-refractivity contribution is 4.89. The van der Waals surface area contributed by atoms with E-state index in [1.165, 1.54) is 51.6 Å². The van der Waals surface area contributed by atoms with Crippen molar-refractivity contribution in [1.29, 1.82) is 0 Å². The highest BCUT2D eigenvalue weighted by Crippen LogP contribution is 2.45. The second-order valence-electron chi connectivity index (χ2n) is 5.48. The minimum Gasteiger partial charge on any atom is -0.330 e. The van der Waals surface area contributed by atoms with Gasteiger partial charge in [-0.1, -0.05) is 0 Å². The average molecular weight is 196 g/mol. The monoisotopic (exact) mass is 196 g/mol. The molecular formula is C12H24N2. The number of rotatable bonds is 1. The Labute approximate surface area is 87.8 Å². The Morgan fingerprint density at radius 2 is 1.71 bits per heavy atom. The summed E-state index contributed by atoms with van der Waals surface area (Å²) in [6, 6.07) is 0. The van der Waals surface area contributed by atoms with Gasteiger partial charge in [-0.25, -0.2) is 0 Å². The van der Waals surface area contributed by atoms with Gasteiger partial charge in [0.2, 0.25) is 0 Å². The summed E-state index contributed by atoms with van der Waals surface area (Å²) in [5.74, 6) is 0.834. The summed E-state index contributed by atoms with van der Waals surface area (Å²) in [6.07, 6.45) is 8.54. The highest BCUT2D eigenvalue weighted by atomic mass is 15.1. The largest absolute Gasteiger partial charge is 0.330 e. The zero-order chi connectivity index (χ0) is 10.0. The molecule has 0 atom stereocenters. The molecule has 1 aliphatic heterocycles. The first-order valence-corrected chi connectivity index (χ1v) is 6.13. The highest BCUT2D eigenvalue weighted by Gasteiger charge is 2.36. The normalized spacial score (nSPS) is 29.6. The summed E-state index contributed by atoms with van der Waals surface area (Å²) in [6.45, 7) is 3.54. The molecule has 1 saturated carbocycles. The van der Waals surface area contributed by atoms with Crippen LogP contribution in [-0.2, 0) is 0 Å². The molecular weight excluding hydrogens is 172 g/mol. The van der Waals surface area contributed by atoms with Crippen LogP contribution in [0.4, 0.5) is 0 Å². The lowest BCUT2D eigenvalue weighted by atomic mass is 9.65. The third-order valence-electron chi connectivity index (χ3n) is 4.55. The van der Waals surface area contributed by atoms with Gasteiger partial charge in [0.05, 0.1) is 0 Å². The van der Waals surface area contributed by atoms with Crippen LogP contribution in [-0.4, -0.2) is 31.6 Å². The van der Waals surface area contributed by atoms with E-state index < -0.39 is 0 Å². The quantitative estimate of drug-likeness (QED) is 0.693. The van der Waals surface area contributed by atoms with Crippen LogP contribution in [0.2, 0.25) is 0 Å². The van der Waals surface area contributed by atoms with Crippen molar-refractivity contribution < 1.29 is 0 Å². The van der Waals surface area contributed by atoms with Crippen molar-refractivity contribution >= 4 is 0 Å². The minimum atomic E-state index is 0.720. The maximum Gasteiger partial charge on any atom is -0.00165 e. The number of hydrogen-bond donors (Lipinski definition) is 1. The zero-order valence-corrected chi connectivity index (χ0v) is 9.47. The molecule has 1 spiro atoms. The predicted octanol–water partition coefficient (Wildman–Crippen LogP) is 1.85. The molecule has 14 heavy (non-hydrogen) atoms. The van der Waals surface area contributed by atoms with Gasteiger partial charge in [-0.15, -0.1) is 0 Å². The van der Waals surface area contributed by atoms with E-state index in [0.29, 0.717) is 0 Å². The molecule has 1 aliphatic carbocycles. The summed E-state index contributed by atoms with van der Waals surface area (Å²) in [5.41, 5.74) is 6.46. The van der Waals surface area contributed by atoms with Gasteiger partial charge in [-0.3, -0.25) is 0 Å². The number of likely N-dealkylation sites (tertiary alicyclic amines) is 1. The summed E-state index contributed by atoms with van der Waals surface area (Å²) in [4.78, 5) is 2.47. The fourth-order valence-electron chi connectivity index (χ4n) is 3.12. The number of nitrogens with two attached hydrogens (primary N) is 1. The van der Waals surface area contributed by atoms with Gasteiger partial charge in [0.15, 0.2) is 0 Å². The molecule has 0 radical (unpaired) electrons. The van der Waals surface area contributed by atoms with Gasteiger partial charge in [0, 0.05) is 0 Å². The fourth-order valence-corrected chi connectivity index (χ4v) is 3.12. The van der Waals surface area contributed by atoms with Crippen molar-refractivity contribution in [3.05, 3.63) is 0 Å². The third kappa shape index (κ3) is 2.12. The zero-order valence-electron chi connectivity index (χ0n) is 9.47. The van der Waals surface area contributed by atoms with Crippen LogP contribution >= 0.6 is 0 Å². The molecule has 1 heterocycles. The van der Waals surface area contributed by atoms with Crippen LogP contribution in [0, 0.1) is 11.3 Å². The van der Waals surface area contributed by atoms with Crippen molar-refractivity contribution in [1.82, 2.24) is 4.90 Å².